The van der Waals surface area contributed by atoms with Crippen molar-refractivity contribution in [1.29, 1.82) is 0 Å². The fourth-order valence-electron chi connectivity index (χ4n) is 2.28. The van der Waals surface area contributed by atoms with E-state index in [-0.39, 0.29) is 0 Å². The highest BCUT2D eigenvalue weighted by Gasteiger charge is 2.15. The predicted octanol–water partition coefficient (Wildman–Crippen LogP) is 3.01. The highest BCUT2D eigenvalue weighted by atomic mass is 16.5. The molecule has 2 aromatic carbocycles. The van der Waals surface area contributed by atoms with Crippen LogP contribution < -0.4 is 10.5 Å². The van der Waals surface area contributed by atoms with Crippen LogP contribution in [0.3, 0.4) is 0 Å². The Hall–Kier alpha value is -2.00. The predicted molar refractivity (Wildman–Crippen MR) is 72.5 cm³/mol. The zero-order valence-electron chi connectivity index (χ0n) is 10.4. The summed E-state index contributed by atoms with van der Waals surface area (Å²) in [7, 11) is 2.13. The fourth-order valence-corrected chi connectivity index (χ4v) is 2.28. The van der Waals surface area contributed by atoms with E-state index in [4.69, 9.17) is 10.5 Å². The molecule has 18 heavy (non-hydrogen) atoms. The van der Waals surface area contributed by atoms with E-state index in [9.17, 15) is 0 Å². The van der Waals surface area contributed by atoms with E-state index in [0.717, 1.165) is 30.3 Å². The van der Waals surface area contributed by atoms with Gasteiger partial charge in [0, 0.05) is 18.8 Å². The van der Waals surface area contributed by atoms with E-state index >= 15 is 0 Å². The van der Waals surface area contributed by atoms with Crippen LogP contribution in [0, 0.1) is 0 Å². The Kier molecular flexibility index (Phi) is 2.68. The normalized spacial score (nSPS) is 14.5. The van der Waals surface area contributed by atoms with Gasteiger partial charge in [-0.2, -0.15) is 0 Å². The van der Waals surface area contributed by atoms with Crippen LogP contribution in [0.2, 0.25) is 0 Å². The standard InChI is InChI=1S/C15H16N2O/c1-17-9-11-2-5-15(8-12(11)10-17)18-14-6-3-13(16)4-7-14/h2-8H,9-10,16H2,1H3. The number of nitrogens with zero attached hydrogens (tertiary/aromatic N) is 1. The molecule has 0 unspecified atom stereocenters. The minimum Gasteiger partial charge on any atom is -0.457 e. The van der Waals surface area contributed by atoms with Gasteiger partial charge in [0.25, 0.3) is 0 Å². The fraction of sp³-hybridized carbons (Fsp3) is 0.200. The third-order valence-electron chi connectivity index (χ3n) is 3.17. The van der Waals surface area contributed by atoms with Crippen LogP contribution in [0.1, 0.15) is 11.1 Å². The number of ether oxygens (including phenoxy) is 1. The average Bonchev–Trinajstić information content (AvgIpc) is 2.71. The molecule has 3 heteroatoms. The molecule has 0 saturated carbocycles. The molecule has 0 spiro atoms. The van der Waals surface area contributed by atoms with Crippen LogP contribution in [0.25, 0.3) is 0 Å². The molecule has 0 radical (unpaired) electrons. The summed E-state index contributed by atoms with van der Waals surface area (Å²) in [5.74, 6) is 1.70. The van der Waals surface area contributed by atoms with Gasteiger partial charge in [-0.15, -0.1) is 0 Å². The second-order valence-electron chi connectivity index (χ2n) is 4.77. The molecule has 0 bridgehead atoms. The number of nitrogens with two attached hydrogens (primary N) is 1. The summed E-state index contributed by atoms with van der Waals surface area (Å²) in [6.07, 6.45) is 0. The molecule has 1 aliphatic rings. The van der Waals surface area contributed by atoms with E-state index in [0.29, 0.717) is 0 Å². The highest BCUT2D eigenvalue weighted by molar-refractivity contribution is 5.44. The molecule has 0 fully saturated rings. The molecular formula is C15H16N2O. The number of fused-ring (bicyclic) bond motifs is 1. The molecule has 2 N–H and O–H groups in total. The first-order chi connectivity index (χ1) is 8.70. The molecule has 0 amide bonds. The second kappa shape index (κ2) is 4.35. The summed E-state index contributed by atoms with van der Waals surface area (Å²) in [6, 6.07) is 13.7. The van der Waals surface area contributed by atoms with E-state index < -0.39 is 0 Å². The topological polar surface area (TPSA) is 38.5 Å². The van der Waals surface area contributed by atoms with Crippen LogP contribution in [-0.2, 0) is 13.1 Å². The number of benzene rings is 2. The van der Waals surface area contributed by atoms with Gasteiger partial charge in [0.1, 0.15) is 11.5 Å². The molecule has 2 aromatic rings. The van der Waals surface area contributed by atoms with Crippen molar-refractivity contribution in [2.24, 2.45) is 0 Å². The second-order valence-corrected chi connectivity index (χ2v) is 4.77. The van der Waals surface area contributed by atoms with Gasteiger partial charge in [0.05, 0.1) is 0 Å². The van der Waals surface area contributed by atoms with Gasteiger partial charge in [-0.3, -0.25) is 4.90 Å². The first-order valence-electron chi connectivity index (χ1n) is 6.04. The summed E-state index contributed by atoms with van der Waals surface area (Å²) in [5.41, 5.74) is 9.14. The van der Waals surface area contributed by atoms with Crippen LogP contribution in [0.15, 0.2) is 42.5 Å². The van der Waals surface area contributed by atoms with Crippen molar-refractivity contribution in [2.75, 3.05) is 12.8 Å². The molecule has 0 saturated heterocycles. The lowest BCUT2D eigenvalue weighted by atomic mass is 10.1. The van der Waals surface area contributed by atoms with E-state index in [2.05, 4.69) is 24.1 Å². The summed E-state index contributed by atoms with van der Waals surface area (Å²) in [6.45, 7) is 2.02. The lowest BCUT2D eigenvalue weighted by molar-refractivity contribution is 0.353. The summed E-state index contributed by atoms with van der Waals surface area (Å²) in [5, 5.41) is 0. The van der Waals surface area contributed by atoms with Crippen molar-refractivity contribution >= 4 is 5.69 Å². The Bertz CT molecular complexity index is 563. The smallest absolute Gasteiger partial charge is 0.127 e. The molecule has 92 valence electrons. The summed E-state index contributed by atoms with van der Waals surface area (Å²) in [4.78, 5) is 2.29. The zero-order chi connectivity index (χ0) is 12.5. The summed E-state index contributed by atoms with van der Waals surface area (Å²) < 4.78 is 5.82. The Labute approximate surface area is 107 Å². The van der Waals surface area contributed by atoms with E-state index in [1.54, 1.807) is 0 Å². The van der Waals surface area contributed by atoms with Gasteiger partial charge in [-0.25, -0.2) is 0 Å². The van der Waals surface area contributed by atoms with Crippen LogP contribution in [0.5, 0.6) is 11.5 Å². The molecule has 0 atom stereocenters. The third-order valence-corrected chi connectivity index (χ3v) is 3.17. The first-order valence-corrected chi connectivity index (χ1v) is 6.04. The average molecular weight is 240 g/mol. The van der Waals surface area contributed by atoms with Crippen molar-refractivity contribution in [1.82, 2.24) is 4.90 Å². The van der Waals surface area contributed by atoms with Gasteiger partial charge in [-0.1, -0.05) is 6.07 Å². The largest absolute Gasteiger partial charge is 0.457 e. The first kappa shape index (κ1) is 11.1. The van der Waals surface area contributed by atoms with Gasteiger partial charge in [-0.05, 0) is 54.6 Å². The molecule has 1 aliphatic heterocycles. The molecule has 3 rings (SSSR count). The lowest BCUT2D eigenvalue weighted by Crippen LogP contribution is -2.07. The number of hydrogen-bond donors (Lipinski definition) is 1. The van der Waals surface area contributed by atoms with Gasteiger partial charge < -0.3 is 10.5 Å². The Balaban J connectivity index is 1.82. The zero-order valence-corrected chi connectivity index (χ0v) is 10.4. The van der Waals surface area contributed by atoms with Crippen LogP contribution in [-0.4, -0.2) is 11.9 Å². The van der Waals surface area contributed by atoms with Crippen molar-refractivity contribution in [3.8, 4) is 11.5 Å². The number of hydrogen-bond acceptors (Lipinski definition) is 3. The Morgan fingerprint density at radius 3 is 2.39 bits per heavy atom. The van der Waals surface area contributed by atoms with Crippen molar-refractivity contribution in [3.63, 3.8) is 0 Å². The van der Waals surface area contributed by atoms with E-state index in [1.165, 1.54) is 11.1 Å². The quantitative estimate of drug-likeness (QED) is 0.820. The maximum Gasteiger partial charge on any atom is 0.127 e. The number of anilines is 1. The maximum absolute atomic E-state index is 5.82. The van der Waals surface area contributed by atoms with Crippen molar-refractivity contribution in [3.05, 3.63) is 53.6 Å². The summed E-state index contributed by atoms with van der Waals surface area (Å²) >= 11 is 0. The third kappa shape index (κ3) is 2.17. The van der Waals surface area contributed by atoms with E-state index in [1.807, 2.05) is 30.3 Å². The Morgan fingerprint density at radius 2 is 1.61 bits per heavy atom. The number of rotatable bonds is 2. The monoisotopic (exact) mass is 240 g/mol. The van der Waals surface area contributed by atoms with Gasteiger partial charge in [0.2, 0.25) is 0 Å². The molecule has 3 nitrogen and oxygen atoms in total. The van der Waals surface area contributed by atoms with Crippen LogP contribution >= 0.6 is 0 Å². The minimum absolute atomic E-state index is 0.748. The van der Waals surface area contributed by atoms with Crippen molar-refractivity contribution in [2.45, 2.75) is 13.1 Å². The highest BCUT2D eigenvalue weighted by Crippen LogP contribution is 2.28. The molecule has 0 aliphatic carbocycles. The number of nitrogen functional groups attached to an aromatic ring is 1. The molecular weight excluding hydrogens is 224 g/mol. The maximum atomic E-state index is 5.82. The van der Waals surface area contributed by atoms with Gasteiger partial charge >= 0.3 is 0 Å². The van der Waals surface area contributed by atoms with Crippen molar-refractivity contribution < 1.29 is 4.74 Å². The van der Waals surface area contributed by atoms with Crippen LogP contribution in [0.4, 0.5) is 5.69 Å². The lowest BCUT2D eigenvalue weighted by Gasteiger charge is -2.07. The molecule has 0 aromatic heterocycles. The molecule has 1 heterocycles. The minimum atomic E-state index is 0.748. The Morgan fingerprint density at radius 1 is 0.944 bits per heavy atom. The van der Waals surface area contributed by atoms with Gasteiger partial charge in [0.15, 0.2) is 0 Å². The SMILES string of the molecule is CN1Cc2ccc(Oc3ccc(N)cc3)cc2C1.